The number of aliphatic hydroxyl groups is 1. The molecular formula is C11H15F3N2O. The number of nitrogens with one attached hydrogen (secondary N) is 1. The standard InChI is InChI=1S/C11H15F3N2O/c1-7(17)4-5-16-8-2-3-10(15)9(6-8)11(12,13)14/h2-3,6-7,16-17H,4-5,15H2,1H3. The number of benzene rings is 1. The van der Waals surface area contributed by atoms with E-state index in [1.54, 1.807) is 6.92 Å². The minimum Gasteiger partial charge on any atom is -0.398 e. The van der Waals surface area contributed by atoms with Crippen molar-refractivity contribution in [3.05, 3.63) is 23.8 Å². The zero-order chi connectivity index (χ0) is 13.1. The summed E-state index contributed by atoms with van der Waals surface area (Å²) in [4.78, 5) is 0. The lowest BCUT2D eigenvalue weighted by molar-refractivity contribution is -0.136. The highest BCUT2D eigenvalue weighted by atomic mass is 19.4. The Kier molecular flexibility index (Phi) is 4.22. The number of hydrogen-bond acceptors (Lipinski definition) is 3. The van der Waals surface area contributed by atoms with Gasteiger partial charge in [-0.1, -0.05) is 0 Å². The average molecular weight is 248 g/mol. The van der Waals surface area contributed by atoms with Crippen LogP contribution in [0, 0.1) is 0 Å². The zero-order valence-corrected chi connectivity index (χ0v) is 9.38. The van der Waals surface area contributed by atoms with E-state index in [1.165, 1.54) is 12.1 Å². The van der Waals surface area contributed by atoms with E-state index in [9.17, 15) is 13.2 Å². The summed E-state index contributed by atoms with van der Waals surface area (Å²) in [6.07, 6.45) is -4.48. The zero-order valence-electron chi connectivity index (χ0n) is 9.38. The predicted octanol–water partition coefficient (Wildman–Crippen LogP) is 2.47. The first-order valence-electron chi connectivity index (χ1n) is 5.19. The Morgan fingerprint density at radius 1 is 1.41 bits per heavy atom. The van der Waals surface area contributed by atoms with E-state index in [2.05, 4.69) is 5.32 Å². The number of nitrogen functional groups attached to an aromatic ring is 1. The lowest BCUT2D eigenvalue weighted by Gasteiger charge is -2.13. The van der Waals surface area contributed by atoms with E-state index in [0.29, 0.717) is 18.7 Å². The first kappa shape index (κ1) is 13.6. The molecule has 17 heavy (non-hydrogen) atoms. The maximum Gasteiger partial charge on any atom is 0.418 e. The van der Waals surface area contributed by atoms with Crippen molar-refractivity contribution in [3.63, 3.8) is 0 Å². The van der Waals surface area contributed by atoms with Crippen molar-refractivity contribution < 1.29 is 18.3 Å². The largest absolute Gasteiger partial charge is 0.418 e. The summed E-state index contributed by atoms with van der Waals surface area (Å²) in [5, 5.41) is 11.8. The van der Waals surface area contributed by atoms with Crippen LogP contribution in [-0.4, -0.2) is 17.8 Å². The molecule has 6 heteroatoms. The summed E-state index contributed by atoms with van der Waals surface area (Å²) in [7, 11) is 0. The second-order valence-electron chi connectivity index (χ2n) is 3.86. The highest BCUT2D eigenvalue weighted by Crippen LogP contribution is 2.35. The number of aliphatic hydroxyl groups excluding tert-OH is 1. The van der Waals surface area contributed by atoms with Gasteiger partial charge in [0.15, 0.2) is 0 Å². The molecule has 1 aromatic carbocycles. The Morgan fingerprint density at radius 2 is 2.06 bits per heavy atom. The highest BCUT2D eigenvalue weighted by Gasteiger charge is 2.33. The number of hydrogen-bond donors (Lipinski definition) is 3. The maximum atomic E-state index is 12.5. The van der Waals surface area contributed by atoms with Gasteiger partial charge in [-0.15, -0.1) is 0 Å². The third kappa shape index (κ3) is 4.14. The van der Waals surface area contributed by atoms with E-state index >= 15 is 0 Å². The fourth-order valence-corrected chi connectivity index (χ4v) is 1.34. The summed E-state index contributed by atoms with van der Waals surface area (Å²) >= 11 is 0. The monoisotopic (exact) mass is 248 g/mol. The molecule has 0 aromatic heterocycles. The predicted molar refractivity (Wildman–Crippen MR) is 60.6 cm³/mol. The Hall–Kier alpha value is -1.43. The van der Waals surface area contributed by atoms with Gasteiger partial charge in [-0.25, -0.2) is 0 Å². The first-order chi connectivity index (χ1) is 7.80. The van der Waals surface area contributed by atoms with Crippen molar-refractivity contribution in [3.8, 4) is 0 Å². The van der Waals surface area contributed by atoms with Crippen molar-refractivity contribution in [2.45, 2.75) is 25.6 Å². The third-order valence-electron chi connectivity index (χ3n) is 2.25. The quantitative estimate of drug-likeness (QED) is 0.717. The fraction of sp³-hybridized carbons (Fsp3) is 0.455. The van der Waals surface area contributed by atoms with Crippen LogP contribution in [0.15, 0.2) is 18.2 Å². The lowest BCUT2D eigenvalue weighted by Crippen LogP contribution is -2.12. The van der Waals surface area contributed by atoms with E-state index in [-0.39, 0.29) is 5.69 Å². The molecule has 0 heterocycles. The normalized spacial score (nSPS) is 13.5. The van der Waals surface area contributed by atoms with Crippen molar-refractivity contribution in [1.29, 1.82) is 0 Å². The molecule has 0 amide bonds. The molecule has 0 saturated heterocycles. The van der Waals surface area contributed by atoms with Crippen LogP contribution in [0.2, 0.25) is 0 Å². The minimum atomic E-state index is -4.45. The van der Waals surface area contributed by atoms with Gasteiger partial charge >= 0.3 is 6.18 Å². The highest BCUT2D eigenvalue weighted by molar-refractivity contribution is 5.58. The van der Waals surface area contributed by atoms with Crippen LogP contribution in [0.3, 0.4) is 0 Å². The molecule has 0 aliphatic heterocycles. The van der Waals surface area contributed by atoms with E-state index in [1.807, 2.05) is 0 Å². The Bertz CT molecular complexity index is 377. The molecule has 0 bridgehead atoms. The van der Waals surface area contributed by atoms with Crippen molar-refractivity contribution in [2.24, 2.45) is 0 Å². The lowest BCUT2D eigenvalue weighted by atomic mass is 10.1. The van der Waals surface area contributed by atoms with Crippen LogP contribution in [0.25, 0.3) is 0 Å². The molecule has 96 valence electrons. The summed E-state index contributed by atoms with van der Waals surface area (Å²) < 4.78 is 37.6. The molecule has 1 rings (SSSR count). The second kappa shape index (κ2) is 5.27. The molecule has 0 fully saturated rings. The van der Waals surface area contributed by atoms with E-state index in [4.69, 9.17) is 10.8 Å². The Balaban J connectivity index is 2.76. The summed E-state index contributed by atoms with van der Waals surface area (Å²) in [5.41, 5.74) is 4.46. The molecule has 0 radical (unpaired) electrons. The summed E-state index contributed by atoms with van der Waals surface area (Å²) in [6.45, 7) is 2.02. The van der Waals surface area contributed by atoms with Crippen molar-refractivity contribution in [1.82, 2.24) is 0 Å². The molecule has 4 N–H and O–H groups in total. The van der Waals surface area contributed by atoms with Gasteiger partial charge in [0.1, 0.15) is 0 Å². The summed E-state index contributed by atoms with van der Waals surface area (Å²) in [5.74, 6) is 0. The molecule has 0 aliphatic carbocycles. The van der Waals surface area contributed by atoms with Gasteiger partial charge in [-0.05, 0) is 31.5 Å². The average Bonchev–Trinajstić information content (AvgIpc) is 2.18. The number of alkyl halides is 3. The van der Waals surface area contributed by atoms with E-state index < -0.39 is 17.8 Å². The second-order valence-corrected chi connectivity index (χ2v) is 3.86. The molecule has 1 unspecified atom stereocenters. The van der Waals surface area contributed by atoms with Gasteiger partial charge in [0.25, 0.3) is 0 Å². The van der Waals surface area contributed by atoms with Gasteiger partial charge in [0.05, 0.1) is 11.7 Å². The van der Waals surface area contributed by atoms with Gasteiger partial charge in [0, 0.05) is 17.9 Å². The van der Waals surface area contributed by atoms with Crippen LogP contribution in [0.1, 0.15) is 18.9 Å². The molecule has 3 nitrogen and oxygen atoms in total. The maximum absolute atomic E-state index is 12.5. The summed E-state index contributed by atoms with van der Waals surface area (Å²) in [6, 6.07) is 3.66. The van der Waals surface area contributed by atoms with Gasteiger partial charge in [-0.2, -0.15) is 13.2 Å². The molecule has 1 aromatic rings. The van der Waals surface area contributed by atoms with Crippen molar-refractivity contribution in [2.75, 3.05) is 17.6 Å². The topological polar surface area (TPSA) is 58.3 Å². The molecular weight excluding hydrogens is 233 g/mol. The fourth-order valence-electron chi connectivity index (χ4n) is 1.34. The van der Waals surface area contributed by atoms with Crippen LogP contribution >= 0.6 is 0 Å². The van der Waals surface area contributed by atoms with E-state index in [0.717, 1.165) is 6.07 Å². The Labute approximate surface area is 97.4 Å². The number of nitrogens with two attached hydrogens (primary N) is 1. The van der Waals surface area contributed by atoms with Gasteiger partial charge in [0.2, 0.25) is 0 Å². The number of rotatable bonds is 4. The van der Waals surface area contributed by atoms with Crippen LogP contribution in [0.4, 0.5) is 24.5 Å². The van der Waals surface area contributed by atoms with Gasteiger partial charge in [-0.3, -0.25) is 0 Å². The smallest absolute Gasteiger partial charge is 0.398 e. The molecule has 0 spiro atoms. The third-order valence-corrected chi connectivity index (χ3v) is 2.25. The SMILES string of the molecule is CC(O)CCNc1ccc(N)c(C(F)(F)F)c1. The molecule has 0 aliphatic rings. The number of anilines is 2. The first-order valence-corrected chi connectivity index (χ1v) is 5.19. The number of halogens is 3. The van der Waals surface area contributed by atoms with Crippen LogP contribution in [0.5, 0.6) is 0 Å². The Morgan fingerprint density at radius 3 is 2.59 bits per heavy atom. The van der Waals surface area contributed by atoms with Gasteiger partial charge < -0.3 is 16.2 Å². The van der Waals surface area contributed by atoms with Crippen LogP contribution < -0.4 is 11.1 Å². The van der Waals surface area contributed by atoms with Crippen LogP contribution in [-0.2, 0) is 6.18 Å². The molecule has 1 atom stereocenters. The molecule has 0 saturated carbocycles. The minimum absolute atomic E-state index is 0.293. The van der Waals surface area contributed by atoms with Crippen molar-refractivity contribution >= 4 is 11.4 Å².